The maximum absolute atomic E-state index is 3.58. The molecule has 1 heteroatoms. The van der Waals surface area contributed by atoms with E-state index in [-0.39, 0.29) is 0 Å². The van der Waals surface area contributed by atoms with E-state index >= 15 is 0 Å². The van der Waals surface area contributed by atoms with Gasteiger partial charge in [-0.2, -0.15) is 0 Å². The first kappa shape index (κ1) is 17.0. The van der Waals surface area contributed by atoms with E-state index in [9.17, 15) is 0 Å². The van der Waals surface area contributed by atoms with E-state index in [2.05, 4.69) is 53.6 Å². The monoisotopic (exact) mass is 323 g/mol. The average Bonchev–Trinajstić information content (AvgIpc) is 2.62. The van der Waals surface area contributed by atoms with Gasteiger partial charge in [-0.3, -0.25) is 0 Å². The molecule has 0 atom stereocenters. The minimum absolute atomic E-state index is 0.791. The van der Waals surface area contributed by atoms with Crippen LogP contribution in [0.1, 0.15) is 75.3 Å². The highest BCUT2D eigenvalue weighted by Crippen LogP contribution is 2.37. The highest BCUT2D eigenvalue weighted by molar-refractivity contribution is 6.08. The number of benzene rings is 1. The Kier molecular flexibility index (Phi) is 6.16. The van der Waals surface area contributed by atoms with Crippen LogP contribution in [0.15, 0.2) is 36.4 Å². The van der Waals surface area contributed by atoms with Gasteiger partial charge >= 0.3 is 0 Å². The Morgan fingerprint density at radius 2 is 1.35 bits per heavy atom. The van der Waals surface area contributed by atoms with Crippen molar-refractivity contribution in [2.24, 2.45) is 17.8 Å². The molecule has 1 aromatic carbocycles. The van der Waals surface area contributed by atoms with Gasteiger partial charge in [-0.25, -0.2) is 0 Å². The van der Waals surface area contributed by atoms with Crippen LogP contribution in [0.3, 0.4) is 0 Å². The molecule has 0 bridgehead atoms. The fraction of sp³-hybridized carbons (Fsp3) is 0.636. The van der Waals surface area contributed by atoms with Gasteiger partial charge in [-0.15, -0.1) is 0 Å². The van der Waals surface area contributed by atoms with Crippen molar-refractivity contribution in [3.8, 4) is 0 Å². The Bertz CT molecular complexity index is 485. The molecule has 0 saturated heterocycles. The van der Waals surface area contributed by atoms with Crippen LogP contribution in [0.2, 0.25) is 0 Å². The number of hydrogen-bond acceptors (Lipinski definition) is 0. The van der Waals surface area contributed by atoms with Gasteiger partial charge in [-0.1, -0.05) is 61.7 Å². The van der Waals surface area contributed by atoms with Crippen LogP contribution < -0.4 is 0 Å². The second kappa shape index (κ2) is 8.33. The molecule has 2 aliphatic carbocycles. The van der Waals surface area contributed by atoms with Crippen LogP contribution in [-0.4, -0.2) is 10.2 Å². The Morgan fingerprint density at radius 3 is 1.87 bits per heavy atom. The Hall–Kier alpha value is -0.823. The van der Waals surface area contributed by atoms with E-state index in [1.54, 1.807) is 5.56 Å². The molecule has 0 heterocycles. The minimum Gasteiger partial charge on any atom is -0.0851 e. The summed E-state index contributed by atoms with van der Waals surface area (Å²) in [5.74, 6) is 3.47. The van der Waals surface area contributed by atoms with Crippen molar-refractivity contribution in [2.45, 2.75) is 70.3 Å². The second-order valence-corrected chi connectivity index (χ2v) is 8.29. The van der Waals surface area contributed by atoms with E-state index in [1.807, 2.05) is 0 Å². The van der Waals surface area contributed by atoms with E-state index in [1.165, 1.54) is 56.9 Å². The zero-order chi connectivity index (χ0) is 16.1. The molecule has 0 spiro atoms. The van der Waals surface area contributed by atoms with Crippen molar-refractivity contribution in [3.05, 3.63) is 47.5 Å². The lowest BCUT2D eigenvalue weighted by atomic mass is 9.77. The van der Waals surface area contributed by atoms with Crippen molar-refractivity contribution < 1.29 is 0 Å². The van der Waals surface area contributed by atoms with Crippen molar-refractivity contribution in [3.63, 3.8) is 0 Å². The molecule has 2 aliphatic rings. The molecule has 0 aliphatic heterocycles. The molecule has 23 heavy (non-hydrogen) atoms. The standard InChI is InChI=1S/C22H31Si/c1-17-2-4-18(5-3-17)6-7-19-8-12-21(13-9-19)22-14-10-20(16-23)11-15-22/h6-7,10-11,14-15,17-19,21H,2-5,8-9,12-13,16H2,1H3/b7-6+. The fourth-order valence-corrected chi connectivity index (χ4v) is 4.58. The average molecular weight is 324 g/mol. The first-order chi connectivity index (χ1) is 11.2. The van der Waals surface area contributed by atoms with Crippen molar-refractivity contribution >= 4 is 10.2 Å². The van der Waals surface area contributed by atoms with Gasteiger partial charge in [0.05, 0.1) is 0 Å². The van der Waals surface area contributed by atoms with Crippen molar-refractivity contribution in [1.82, 2.24) is 0 Å². The van der Waals surface area contributed by atoms with Crippen LogP contribution in [0.4, 0.5) is 0 Å². The van der Waals surface area contributed by atoms with E-state index in [4.69, 9.17) is 0 Å². The summed E-state index contributed by atoms with van der Waals surface area (Å²) in [4.78, 5) is 0. The molecule has 0 amide bonds. The summed E-state index contributed by atoms with van der Waals surface area (Å²) in [6.45, 7) is 2.41. The molecule has 2 saturated carbocycles. The predicted octanol–water partition coefficient (Wildman–Crippen LogP) is 6.01. The molecule has 3 radical (unpaired) electrons. The van der Waals surface area contributed by atoms with Gasteiger partial charge < -0.3 is 0 Å². The summed E-state index contributed by atoms with van der Waals surface area (Å²) >= 11 is 0. The fourth-order valence-electron chi connectivity index (χ4n) is 4.35. The number of rotatable bonds is 4. The summed E-state index contributed by atoms with van der Waals surface area (Å²) in [6.07, 6.45) is 16.4. The number of allylic oxidation sites excluding steroid dienone is 2. The van der Waals surface area contributed by atoms with Gasteiger partial charge in [0.25, 0.3) is 0 Å². The van der Waals surface area contributed by atoms with Crippen LogP contribution >= 0.6 is 0 Å². The minimum atomic E-state index is 0.791. The smallest absolute Gasteiger partial charge is 0.0283 e. The molecule has 3 rings (SSSR count). The normalized spacial score (nSPS) is 32.3. The summed E-state index contributed by atoms with van der Waals surface area (Å²) in [6, 6.07) is 10.2. The van der Waals surface area contributed by atoms with Crippen molar-refractivity contribution in [2.75, 3.05) is 0 Å². The summed E-state index contributed by atoms with van der Waals surface area (Å²) in [5.41, 5.74) is 2.93. The van der Waals surface area contributed by atoms with E-state index < -0.39 is 0 Å². The molecule has 2 fully saturated rings. The lowest BCUT2D eigenvalue weighted by molar-refractivity contribution is 0.327. The second-order valence-electron chi connectivity index (χ2n) is 7.93. The molecule has 123 valence electrons. The van der Waals surface area contributed by atoms with Gasteiger partial charge in [0, 0.05) is 10.2 Å². The highest BCUT2D eigenvalue weighted by Gasteiger charge is 2.21. The first-order valence-electron chi connectivity index (χ1n) is 9.66. The van der Waals surface area contributed by atoms with Gasteiger partial charge in [-0.05, 0) is 73.8 Å². The highest BCUT2D eigenvalue weighted by atomic mass is 28.1. The third-order valence-electron chi connectivity index (χ3n) is 6.14. The predicted molar refractivity (Wildman–Crippen MR) is 101 cm³/mol. The maximum atomic E-state index is 3.58. The number of hydrogen-bond donors (Lipinski definition) is 0. The summed E-state index contributed by atoms with van der Waals surface area (Å²) in [5, 5.41) is 0. The third-order valence-corrected chi connectivity index (χ3v) is 6.55. The molecule has 0 nitrogen and oxygen atoms in total. The van der Waals surface area contributed by atoms with Crippen LogP contribution in [0, 0.1) is 17.8 Å². The summed E-state index contributed by atoms with van der Waals surface area (Å²) < 4.78 is 0. The Labute approximate surface area is 146 Å². The zero-order valence-corrected chi connectivity index (χ0v) is 15.6. The third kappa shape index (κ3) is 4.82. The molecular formula is C22H31Si. The van der Waals surface area contributed by atoms with E-state index in [0.717, 1.165) is 29.7 Å². The Balaban J connectivity index is 1.46. The lowest BCUT2D eigenvalue weighted by Crippen LogP contribution is -2.13. The topological polar surface area (TPSA) is 0 Å². The maximum Gasteiger partial charge on any atom is 0.0283 e. The van der Waals surface area contributed by atoms with Crippen LogP contribution in [0.25, 0.3) is 0 Å². The SMILES string of the molecule is CC1CCC(/C=C/C2CCC(c3ccc(C[Si])cc3)CC2)CC1. The van der Waals surface area contributed by atoms with Crippen molar-refractivity contribution in [1.29, 1.82) is 0 Å². The molecule has 0 unspecified atom stereocenters. The Morgan fingerprint density at radius 1 is 0.826 bits per heavy atom. The van der Waals surface area contributed by atoms with Crippen LogP contribution in [-0.2, 0) is 6.04 Å². The lowest BCUT2D eigenvalue weighted by Gasteiger charge is -2.28. The molecule has 0 N–H and O–H groups in total. The van der Waals surface area contributed by atoms with Gasteiger partial charge in [0.2, 0.25) is 0 Å². The molecule has 0 aromatic heterocycles. The summed E-state index contributed by atoms with van der Waals surface area (Å²) in [7, 11) is 3.58. The molecule has 1 aromatic rings. The molecular weight excluding hydrogens is 292 g/mol. The van der Waals surface area contributed by atoms with Gasteiger partial charge in [0.15, 0.2) is 0 Å². The quantitative estimate of drug-likeness (QED) is 0.470. The zero-order valence-electron chi connectivity index (χ0n) is 14.6. The van der Waals surface area contributed by atoms with E-state index in [0.29, 0.717) is 0 Å². The van der Waals surface area contributed by atoms with Gasteiger partial charge in [0.1, 0.15) is 0 Å². The first-order valence-corrected chi connectivity index (χ1v) is 10.4. The van der Waals surface area contributed by atoms with Crippen LogP contribution in [0.5, 0.6) is 0 Å². The largest absolute Gasteiger partial charge is 0.0851 e.